The molecule has 9 aromatic rings. The topological polar surface area (TPSA) is 229 Å². The fraction of sp³-hybridized carbons (Fsp3) is 0.267. The molecule has 3 fully saturated rings. The molecule has 6 heterocycles. The van der Waals surface area contributed by atoms with Crippen LogP contribution in [0, 0.1) is 9.99 Å². The van der Waals surface area contributed by atoms with Crippen LogP contribution in [0.5, 0.6) is 0 Å². The van der Waals surface area contributed by atoms with E-state index >= 15 is 0 Å². The molecule has 6 aromatic heterocycles. The van der Waals surface area contributed by atoms with E-state index in [0.717, 1.165) is 80.3 Å². The van der Waals surface area contributed by atoms with E-state index in [4.69, 9.17) is 9.84 Å². The predicted octanol–water partition coefficient (Wildman–Crippen LogP) is 5.49. The van der Waals surface area contributed by atoms with Gasteiger partial charge in [-0.05, 0) is 167 Å². The molecular formula is C60H63ClILiMgN6O10. The Labute approximate surface area is 513 Å². The molecule has 3 aromatic carbocycles. The molecule has 2 atom stereocenters. The normalized spacial score (nSPS) is 13.4. The first-order valence-electron chi connectivity index (χ1n) is 24.6. The predicted molar refractivity (Wildman–Crippen MR) is 307 cm³/mol. The molecule has 4 N–H and O–H groups in total. The number of aliphatic hydroxyl groups is 2. The average molecular weight is 1220 g/mol. The Kier molecular flexibility index (Phi) is 27.3. The molecule has 2 unspecified atom stereocenters. The molecule has 20 heteroatoms. The molecule has 0 radical (unpaired) electrons. The minimum atomic E-state index is -0.998. The summed E-state index contributed by atoms with van der Waals surface area (Å²) in [6.07, 6.45) is 18.6. The molecule has 0 saturated heterocycles. The summed E-state index contributed by atoms with van der Waals surface area (Å²) in [6.45, 7) is 4.00. The monoisotopic (exact) mass is 1220 g/mol. The number of nitrogens with zero attached hydrogens (tertiary/aromatic N) is 6. The smallest absolute Gasteiger partial charge is 1.00 e. The second-order valence-electron chi connectivity index (χ2n) is 18.5. The largest absolute Gasteiger partial charge is 2.00 e. The number of aliphatic hydroxyl groups excluding tert-OH is 2. The molecular weight excluding hydrogens is 1160 g/mol. The number of aromatic nitrogens is 6. The first-order valence-corrected chi connectivity index (χ1v) is 25.7. The first kappa shape index (κ1) is 68.3. The Bertz CT molecular complexity index is 3490. The number of carboxylic acid groups (broad SMARTS) is 1. The minimum absolute atomic E-state index is 0. The second kappa shape index (κ2) is 31.9. The Hall–Kier alpha value is -5.93. The van der Waals surface area contributed by atoms with Crippen LogP contribution in [0.3, 0.4) is 0 Å². The summed E-state index contributed by atoms with van der Waals surface area (Å²) in [7, 11) is 2.73. The van der Waals surface area contributed by atoms with E-state index in [0.29, 0.717) is 40.0 Å². The standard InChI is InChI=1S/C19H18N2O3.C18H16N2O3.C11H10N2O.C8H7IO2.C3H7.CH4.ClH.Li.Mg.H2O/c1-24-19(23)14-4-2-3-13(9-14)18(22)17-16(12-5-6-12)8-7-15-10-20-11-21(15)17;21-17(12-2-1-3-13(8-12)18(22)23)16-15(11-4-5-11)7-6-14-9-19-10-20(14)16;14-6-11-10(8-1-2-8)4-3-9-5-12-7-13(9)11;1-11-8(10)6-3-2-4-7(9)5-6;1-3-2;;;;;/h2-4,7-12,18,22H,5-6H2,1H3;1-3,6-11,17,21H,4-5H2,(H,22,23);3-8H,1-2H2;2-5H,1H3;3H,1-2H3;1H4;1H;;;1H2/q;;;;-1;;;+1;+2;/p-2. The molecule has 80 heavy (non-hydrogen) atoms. The number of hydrogen-bond donors (Lipinski definition) is 3. The summed E-state index contributed by atoms with van der Waals surface area (Å²) >= 11 is 2.15. The van der Waals surface area contributed by atoms with Crippen LogP contribution in [0.2, 0.25) is 0 Å². The van der Waals surface area contributed by atoms with Crippen molar-refractivity contribution in [1.29, 1.82) is 0 Å². The van der Waals surface area contributed by atoms with Crippen molar-refractivity contribution in [2.45, 2.75) is 89.8 Å². The molecule has 0 spiro atoms. The number of fused-ring (bicyclic) bond motifs is 3. The number of carboxylic acids is 1. The Morgan fingerprint density at radius 3 is 1.38 bits per heavy atom. The summed E-state index contributed by atoms with van der Waals surface area (Å²) in [4.78, 5) is 57.3. The second-order valence-corrected chi connectivity index (χ2v) is 19.7. The number of carbonyl (C=O) groups is 4. The van der Waals surface area contributed by atoms with Gasteiger partial charge in [0.2, 0.25) is 0 Å². The van der Waals surface area contributed by atoms with Crippen molar-refractivity contribution in [3.8, 4) is 0 Å². The van der Waals surface area contributed by atoms with Gasteiger partial charge in [-0.1, -0.05) is 56.0 Å². The van der Waals surface area contributed by atoms with Crippen LogP contribution in [0.15, 0.2) is 147 Å². The minimum Gasteiger partial charge on any atom is -1.00 e. The number of esters is 2. The van der Waals surface area contributed by atoms with E-state index in [1.807, 2.05) is 75.9 Å². The number of benzene rings is 3. The third kappa shape index (κ3) is 16.6. The summed E-state index contributed by atoms with van der Waals surface area (Å²) in [5.41, 5.74) is 11.1. The van der Waals surface area contributed by atoms with Crippen molar-refractivity contribution >= 4 is 86.4 Å². The molecule has 0 aliphatic heterocycles. The number of imidazole rings is 3. The summed E-state index contributed by atoms with van der Waals surface area (Å²) in [5, 5.41) is 31.1. The number of aldehydes is 1. The van der Waals surface area contributed by atoms with Crippen LogP contribution in [0.4, 0.5) is 0 Å². The number of rotatable bonds is 11. The van der Waals surface area contributed by atoms with Crippen molar-refractivity contribution in [2.75, 3.05) is 14.2 Å². The SMILES string of the molecule is C.COC(=O)c1cccc(C(O)c2c(C3CC3)ccc3cncn23)c1.COC(=O)c1cccc(I)c1.C[CH-]C.O=C(O)c1cccc(C(O)c2c(C3CC3)ccc3cncn23)c1.O=Cc1c(C2CC2)ccc2cncn12.[Cl-].[Li+].[Mg+2].[OH-]. The van der Waals surface area contributed by atoms with Crippen LogP contribution < -0.4 is 31.3 Å². The summed E-state index contributed by atoms with van der Waals surface area (Å²) in [6, 6.07) is 32.9. The van der Waals surface area contributed by atoms with E-state index in [-0.39, 0.29) is 78.8 Å². The number of hydrogen-bond acceptors (Lipinski definition) is 12. The molecule has 0 bridgehead atoms. The van der Waals surface area contributed by atoms with Gasteiger partial charge in [-0.25, -0.2) is 29.3 Å². The zero-order chi connectivity index (χ0) is 53.2. The van der Waals surface area contributed by atoms with E-state index < -0.39 is 24.1 Å². The van der Waals surface area contributed by atoms with Crippen molar-refractivity contribution in [3.05, 3.63) is 218 Å². The number of ether oxygens (including phenoxy) is 2. The van der Waals surface area contributed by atoms with Gasteiger partial charge in [0.25, 0.3) is 0 Å². The number of methoxy groups -OCH3 is 2. The molecule has 3 aliphatic carbocycles. The van der Waals surface area contributed by atoms with E-state index in [9.17, 15) is 29.4 Å². The van der Waals surface area contributed by atoms with Crippen LogP contribution in [0.25, 0.3) is 16.6 Å². The van der Waals surface area contributed by atoms with Gasteiger partial charge in [-0.2, -0.15) is 13.8 Å². The van der Waals surface area contributed by atoms with Gasteiger partial charge < -0.3 is 49.1 Å². The van der Waals surface area contributed by atoms with Crippen molar-refractivity contribution in [3.63, 3.8) is 0 Å². The Morgan fingerprint density at radius 1 is 0.613 bits per heavy atom. The molecule has 3 aliphatic rings. The van der Waals surface area contributed by atoms with Gasteiger partial charge >= 0.3 is 59.8 Å². The maximum absolute atomic E-state index is 11.8. The molecule has 12 rings (SSSR count). The van der Waals surface area contributed by atoms with Crippen LogP contribution in [-0.2, 0) is 9.47 Å². The fourth-order valence-corrected chi connectivity index (χ4v) is 9.40. The maximum Gasteiger partial charge on any atom is 2.00 e. The average Bonchev–Trinajstić information content (AvgIpc) is 4.43. The summed E-state index contributed by atoms with van der Waals surface area (Å²) in [5.74, 6) is -0.139. The number of halogens is 2. The first-order chi connectivity index (χ1) is 36.4. The zero-order valence-corrected chi connectivity index (χ0v) is 48.9. The zero-order valence-electron chi connectivity index (χ0n) is 44.5. The summed E-state index contributed by atoms with van der Waals surface area (Å²) < 4.78 is 16.0. The molecule has 16 nitrogen and oxygen atoms in total. The van der Waals surface area contributed by atoms with Gasteiger partial charge in [0.1, 0.15) is 12.2 Å². The van der Waals surface area contributed by atoms with E-state index in [2.05, 4.69) is 54.4 Å². The third-order valence-electron chi connectivity index (χ3n) is 13.0. The molecule has 410 valence electrons. The van der Waals surface area contributed by atoms with Gasteiger partial charge in [-0.3, -0.25) is 18.0 Å². The van der Waals surface area contributed by atoms with Crippen LogP contribution in [0.1, 0.15) is 171 Å². The van der Waals surface area contributed by atoms with Crippen LogP contribution in [-0.4, -0.2) is 110 Å². The van der Waals surface area contributed by atoms with Gasteiger partial charge in [0.05, 0.1) is 102 Å². The van der Waals surface area contributed by atoms with E-state index in [1.54, 1.807) is 80.0 Å². The van der Waals surface area contributed by atoms with Crippen LogP contribution >= 0.6 is 22.6 Å². The van der Waals surface area contributed by atoms with Gasteiger partial charge in [0, 0.05) is 3.57 Å². The number of carbonyl (C=O) groups excluding carboxylic acids is 3. The molecule has 3 saturated carbocycles. The maximum atomic E-state index is 11.8. The Morgan fingerprint density at radius 2 is 0.975 bits per heavy atom. The van der Waals surface area contributed by atoms with Crippen molar-refractivity contribution in [1.82, 2.24) is 28.2 Å². The fourth-order valence-electron chi connectivity index (χ4n) is 8.86. The number of pyridine rings is 3. The van der Waals surface area contributed by atoms with E-state index in [1.165, 1.54) is 44.8 Å². The van der Waals surface area contributed by atoms with Gasteiger partial charge in [0.15, 0.2) is 6.29 Å². The van der Waals surface area contributed by atoms with Crippen molar-refractivity contribution < 1.29 is 80.7 Å². The molecule has 0 amide bonds. The Balaban J connectivity index is 0.000000280. The van der Waals surface area contributed by atoms with Gasteiger partial charge in [-0.15, -0.1) is 0 Å². The number of aromatic carboxylic acids is 1. The quantitative estimate of drug-likeness (QED) is 0.0479. The van der Waals surface area contributed by atoms with Crippen molar-refractivity contribution in [2.24, 2.45) is 0 Å². The third-order valence-corrected chi connectivity index (χ3v) is 13.6.